The molecule has 0 aromatic heterocycles. The van der Waals surface area contributed by atoms with Gasteiger partial charge in [0.15, 0.2) is 0 Å². The lowest BCUT2D eigenvalue weighted by Gasteiger charge is -2.36. The second-order valence-corrected chi connectivity index (χ2v) is 6.62. The second kappa shape index (κ2) is 6.08. The van der Waals surface area contributed by atoms with Crippen LogP contribution in [0.5, 0.6) is 0 Å². The first-order chi connectivity index (χ1) is 9.00. The molecule has 0 heterocycles. The Balaban J connectivity index is 2.20. The van der Waals surface area contributed by atoms with Gasteiger partial charge in [0.05, 0.1) is 0 Å². The van der Waals surface area contributed by atoms with Gasteiger partial charge in [-0.25, -0.2) is 0 Å². The summed E-state index contributed by atoms with van der Waals surface area (Å²) in [6.45, 7) is 4.26. The van der Waals surface area contributed by atoms with Crippen LogP contribution in [-0.2, 0) is 0 Å². The van der Waals surface area contributed by atoms with Gasteiger partial charge in [-0.1, -0.05) is 41.8 Å². The number of aryl methyl sites for hydroxylation is 1. The molecule has 0 N–H and O–H groups in total. The Morgan fingerprint density at radius 2 is 2.00 bits per heavy atom. The van der Waals surface area contributed by atoms with Gasteiger partial charge < -0.3 is 4.90 Å². The number of carbonyl (C=O) groups is 1. The van der Waals surface area contributed by atoms with Gasteiger partial charge in [0.2, 0.25) is 0 Å². The van der Waals surface area contributed by atoms with Gasteiger partial charge in [-0.3, -0.25) is 4.79 Å². The predicted molar refractivity (Wildman–Crippen MR) is 82.4 cm³/mol. The van der Waals surface area contributed by atoms with E-state index in [0.717, 1.165) is 22.0 Å². The van der Waals surface area contributed by atoms with Crippen molar-refractivity contribution in [3.8, 4) is 0 Å². The Bertz CT molecular complexity index is 472. The van der Waals surface area contributed by atoms with Crippen LogP contribution in [0.4, 0.5) is 0 Å². The highest BCUT2D eigenvalue weighted by Crippen LogP contribution is 2.29. The van der Waals surface area contributed by atoms with Crippen molar-refractivity contribution in [2.24, 2.45) is 5.92 Å². The Hall–Kier alpha value is -0.830. The molecule has 3 heteroatoms. The third-order valence-electron chi connectivity index (χ3n) is 4.31. The lowest BCUT2D eigenvalue weighted by atomic mass is 9.85. The first-order valence-corrected chi connectivity index (χ1v) is 7.83. The molecule has 1 fully saturated rings. The summed E-state index contributed by atoms with van der Waals surface area (Å²) in [4.78, 5) is 14.6. The van der Waals surface area contributed by atoms with Crippen molar-refractivity contribution >= 4 is 21.8 Å². The van der Waals surface area contributed by atoms with E-state index in [0.29, 0.717) is 12.0 Å². The fourth-order valence-corrected chi connectivity index (χ4v) is 3.40. The Kier molecular flexibility index (Phi) is 4.67. The van der Waals surface area contributed by atoms with Gasteiger partial charge in [0.1, 0.15) is 0 Å². The molecule has 1 aromatic carbocycles. The van der Waals surface area contributed by atoms with Crippen LogP contribution >= 0.6 is 15.9 Å². The van der Waals surface area contributed by atoms with Crippen molar-refractivity contribution in [3.63, 3.8) is 0 Å². The minimum Gasteiger partial charge on any atom is -0.338 e. The maximum atomic E-state index is 12.7. The number of amides is 1. The van der Waals surface area contributed by atoms with Gasteiger partial charge in [-0.15, -0.1) is 0 Å². The molecule has 0 spiro atoms. The first kappa shape index (κ1) is 14.6. The molecule has 0 bridgehead atoms. The van der Waals surface area contributed by atoms with Crippen LogP contribution in [0.25, 0.3) is 0 Å². The van der Waals surface area contributed by atoms with Crippen molar-refractivity contribution in [2.75, 3.05) is 7.05 Å². The van der Waals surface area contributed by atoms with Crippen LogP contribution in [0.2, 0.25) is 0 Å². The van der Waals surface area contributed by atoms with E-state index in [2.05, 4.69) is 22.9 Å². The van der Waals surface area contributed by atoms with Crippen molar-refractivity contribution < 1.29 is 4.79 Å². The van der Waals surface area contributed by atoms with Crippen molar-refractivity contribution in [2.45, 2.75) is 45.6 Å². The number of nitrogens with zero attached hydrogens (tertiary/aromatic N) is 1. The highest BCUT2D eigenvalue weighted by atomic mass is 79.9. The molecule has 2 rings (SSSR count). The van der Waals surface area contributed by atoms with Gasteiger partial charge in [-0.2, -0.15) is 0 Å². The topological polar surface area (TPSA) is 20.3 Å². The highest BCUT2D eigenvalue weighted by Gasteiger charge is 2.28. The zero-order chi connectivity index (χ0) is 14.0. The molecule has 104 valence electrons. The van der Waals surface area contributed by atoms with E-state index in [4.69, 9.17) is 0 Å². The number of benzene rings is 1. The van der Waals surface area contributed by atoms with Gasteiger partial charge >= 0.3 is 0 Å². The number of hydrogen-bond donors (Lipinski definition) is 0. The van der Waals surface area contributed by atoms with E-state index in [1.807, 2.05) is 37.1 Å². The molecular weight excluding hydrogens is 302 g/mol. The largest absolute Gasteiger partial charge is 0.338 e. The van der Waals surface area contributed by atoms with E-state index < -0.39 is 0 Å². The fraction of sp³-hybridized carbons (Fsp3) is 0.562. The summed E-state index contributed by atoms with van der Waals surface area (Å²) in [6, 6.07) is 6.30. The van der Waals surface area contributed by atoms with E-state index in [-0.39, 0.29) is 5.91 Å². The Morgan fingerprint density at radius 3 is 2.68 bits per heavy atom. The molecule has 1 aliphatic rings. The molecule has 0 radical (unpaired) electrons. The predicted octanol–water partition coefficient (Wildman–Crippen LogP) is 4.41. The van der Waals surface area contributed by atoms with E-state index in [1.165, 1.54) is 19.3 Å². The average Bonchev–Trinajstić information content (AvgIpc) is 2.40. The van der Waals surface area contributed by atoms with E-state index in [1.54, 1.807) is 0 Å². The molecule has 1 aromatic rings. The minimum absolute atomic E-state index is 0.151. The molecule has 19 heavy (non-hydrogen) atoms. The third kappa shape index (κ3) is 3.19. The van der Waals surface area contributed by atoms with Crippen molar-refractivity contribution in [3.05, 3.63) is 33.8 Å². The molecule has 2 atom stereocenters. The second-order valence-electron chi connectivity index (χ2n) is 5.70. The van der Waals surface area contributed by atoms with Crippen LogP contribution in [-0.4, -0.2) is 23.9 Å². The average molecular weight is 324 g/mol. The van der Waals surface area contributed by atoms with Crippen LogP contribution in [0, 0.1) is 12.8 Å². The summed E-state index contributed by atoms with van der Waals surface area (Å²) in [5.74, 6) is 0.757. The summed E-state index contributed by atoms with van der Waals surface area (Å²) in [5.41, 5.74) is 1.86. The SMILES string of the molecule is Cc1ccc(Br)cc1C(=O)N(C)C1CCCCC1C. The summed E-state index contributed by atoms with van der Waals surface area (Å²) < 4.78 is 0.964. The minimum atomic E-state index is 0.151. The fourth-order valence-electron chi connectivity index (χ4n) is 3.04. The van der Waals surface area contributed by atoms with Crippen molar-refractivity contribution in [1.29, 1.82) is 0 Å². The summed E-state index contributed by atoms with van der Waals surface area (Å²) in [7, 11) is 1.95. The molecule has 1 aliphatic carbocycles. The molecule has 2 nitrogen and oxygen atoms in total. The molecule has 1 amide bonds. The zero-order valence-corrected chi connectivity index (χ0v) is 13.5. The highest BCUT2D eigenvalue weighted by molar-refractivity contribution is 9.10. The third-order valence-corrected chi connectivity index (χ3v) is 4.81. The maximum absolute atomic E-state index is 12.7. The molecule has 1 saturated carbocycles. The van der Waals surface area contributed by atoms with Gasteiger partial charge in [0, 0.05) is 23.1 Å². The van der Waals surface area contributed by atoms with Crippen molar-refractivity contribution in [1.82, 2.24) is 4.90 Å². The summed E-state index contributed by atoms with van der Waals surface area (Å²) in [5, 5.41) is 0. The number of hydrogen-bond acceptors (Lipinski definition) is 1. The maximum Gasteiger partial charge on any atom is 0.254 e. The first-order valence-electron chi connectivity index (χ1n) is 7.04. The van der Waals surface area contributed by atoms with Gasteiger partial charge in [-0.05, 0) is 43.4 Å². The van der Waals surface area contributed by atoms with Crippen LogP contribution in [0.1, 0.15) is 48.5 Å². The standard InChI is InChI=1S/C16H22BrNO/c1-11-8-9-13(17)10-14(11)16(19)18(3)15-7-5-4-6-12(15)2/h8-10,12,15H,4-7H2,1-3H3. The zero-order valence-electron chi connectivity index (χ0n) is 11.9. The molecule has 2 unspecified atom stereocenters. The van der Waals surface area contributed by atoms with E-state index >= 15 is 0 Å². The normalized spacial score (nSPS) is 23.2. The number of carbonyl (C=O) groups excluding carboxylic acids is 1. The molecular formula is C16H22BrNO. The number of rotatable bonds is 2. The lowest BCUT2D eigenvalue weighted by Crippen LogP contribution is -2.42. The summed E-state index contributed by atoms with van der Waals surface area (Å²) in [6.07, 6.45) is 4.91. The Labute approximate surface area is 124 Å². The monoisotopic (exact) mass is 323 g/mol. The quantitative estimate of drug-likeness (QED) is 0.789. The summed E-state index contributed by atoms with van der Waals surface area (Å²) >= 11 is 3.45. The Morgan fingerprint density at radius 1 is 1.32 bits per heavy atom. The van der Waals surface area contributed by atoms with Gasteiger partial charge in [0.25, 0.3) is 5.91 Å². The van der Waals surface area contributed by atoms with Crippen LogP contribution in [0.15, 0.2) is 22.7 Å². The number of halogens is 1. The van der Waals surface area contributed by atoms with E-state index in [9.17, 15) is 4.79 Å². The smallest absolute Gasteiger partial charge is 0.254 e. The lowest BCUT2D eigenvalue weighted by molar-refractivity contribution is 0.0628. The van der Waals surface area contributed by atoms with Crippen LogP contribution in [0.3, 0.4) is 0 Å². The molecule has 0 aliphatic heterocycles. The molecule has 0 saturated heterocycles. The van der Waals surface area contributed by atoms with Crippen LogP contribution < -0.4 is 0 Å².